The lowest BCUT2D eigenvalue weighted by Gasteiger charge is -2.10. The van der Waals surface area contributed by atoms with Crippen LogP contribution >= 0.6 is 0 Å². The van der Waals surface area contributed by atoms with Gasteiger partial charge in [-0.15, -0.1) is 0 Å². The molecular weight excluding hydrogens is 184 g/mol. The molecule has 0 aromatic heterocycles. The van der Waals surface area contributed by atoms with Crippen LogP contribution in [0.2, 0.25) is 0 Å². The molecule has 1 aromatic carbocycles. The zero-order valence-electron chi connectivity index (χ0n) is 7.80. The van der Waals surface area contributed by atoms with Gasteiger partial charge in [0.25, 0.3) is 5.69 Å². The lowest BCUT2D eigenvalue weighted by molar-refractivity contribution is -0.385. The number of rotatable bonds is 3. The van der Waals surface area contributed by atoms with Gasteiger partial charge in [0.1, 0.15) is 5.75 Å². The normalized spacial score (nSPS) is 12.4. The zero-order chi connectivity index (χ0) is 10.7. The second-order valence-electron chi connectivity index (χ2n) is 3.01. The third-order valence-electron chi connectivity index (χ3n) is 2.06. The maximum absolute atomic E-state index is 10.5. The van der Waals surface area contributed by atoms with Crippen LogP contribution in [-0.2, 0) is 0 Å². The SMILES string of the molecule is CC[C@@H](N)c1cc([N+](=O)[O-])ccc1O. The van der Waals surface area contributed by atoms with Gasteiger partial charge in [0.2, 0.25) is 0 Å². The van der Waals surface area contributed by atoms with Crippen molar-refractivity contribution in [3.63, 3.8) is 0 Å². The molecule has 0 amide bonds. The number of nitrogens with two attached hydrogens (primary N) is 1. The van der Waals surface area contributed by atoms with Crippen molar-refractivity contribution in [3.05, 3.63) is 33.9 Å². The van der Waals surface area contributed by atoms with Crippen molar-refractivity contribution in [3.8, 4) is 5.75 Å². The fourth-order valence-corrected chi connectivity index (χ4v) is 1.17. The predicted molar refractivity (Wildman–Crippen MR) is 52.0 cm³/mol. The summed E-state index contributed by atoms with van der Waals surface area (Å²) in [5, 5.41) is 19.9. The lowest BCUT2D eigenvalue weighted by atomic mass is 10.0. The van der Waals surface area contributed by atoms with E-state index in [0.717, 1.165) is 0 Å². The van der Waals surface area contributed by atoms with Crippen LogP contribution in [0.25, 0.3) is 0 Å². The Morgan fingerprint density at radius 2 is 2.29 bits per heavy atom. The van der Waals surface area contributed by atoms with Gasteiger partial charge in [-0.1, -0.05) is 6.92 Å². The van der Waals surface area contributed by atoms with Crippen molar-refractivity contribution < 1.29 is 10.0 Å². The molecule has 0 aliphatic heterocycles. The number of nitrogens with zero attached hydrogens (tertiary/aromatic N) is 1. The third kappa shape index (κ3) is 2.00. The van der Waals surface area contributed by atoms with E-state index in [1.165, 1.54) is 18.2 Å². The topological polar surface area (TPSA) is 89.4 Å². The number of hydrogen-bond acceptors (Lipinski definition) is 4. The van der Waals surface area contributed by atoms with Gasteiger partial charge >= 0.3 is 0 Å². The molecule has 3 N–H and O–H groups in total. The highest BCUT2D eigenvalue weighted by Crippen LogP contribution is 2.28. The van der Waals surface area contributed by atoms with Gasteiger partial charge in [-0.05, 0) is 12.5 Å². The average molecular weight is 196 g/mol. The van der Waals surface area contributed by atoms with Gasteiger partial charge in [-0.2, -0.15) is 0 Å². The summed E-state index contributed by atoms with van der Waals surface area (Å²) in [4.78, 5) is 9.95. The summed E-state index contributed by atoms with van der Waals surface area (Å²) < 4.78 is 0. The smallest absolute Gasteiger partial charge is 0.270 e. The van der Waals surface area contributed by atoms with Crippen molar-refractivity contribution in [2.75, 3.05) is 0 Å². The molecule has 0 saturated carbocycles. The van der Waals surface area contributed by atoms with E-state index in [2.05, 4.69) is 0 Å². The highest BCUT2D eigenvalue weighted by atomic mass is 16.6. The van der Waals surface area contributed by atoms with E-state index in [0.29, 0.717) is 12.0 Å². The molecule has 5 nitrogen and oxygen atoms in total. The second kappa shape index (κ2) is 4.06. The van der Waals surface area contributed by atoms with E-state index in [-0.39, 0.29) is 17.5 Å². The average Bonchev–Trinajstić information content (AvgIpc) is 2.17. The Morgan fingerprint density at radius 1 is 1.64 bits per heavy atom. The highest BCUT2D eigenvalue weighted by Gasteiger charge is 2.14. The fourth-order valence-electron chi connectivity index (χ4n) is 1.17. The first-order valence-electron chi connectivity index (χ1n) is 4.29. The molecule has 76 valence electrons. The molecule has 1 atom stereocenters. The summed E-state index contributed by atoms with van der Waals surface area (Å²) in [6.07, 6.45) is 0.620. The van der Waals surface area contributed by atoms with Crippen LogP contribution in [0.1, 0.15) is 24.9 Å². The van der Waals surface area contributed by atoms with Crippen LogP contribution in [-0.4, -0.2) is 10.0 Å². The van der Waals surface area contributed by atoms with Crippen LogP contribution in [0.15, 0.2) is 18.2 Å². The van der Waals surface area contributed by atoms with Gasteiger partial charge in [-0.3, -0.25) is 10.1 Å². The first-order valence-corrected chi connectivity index (χ1v) is 4.29. The molecule has 5 heteroatoms. The molecule has 0 aliphatic carbocycles. The number of nitro groups is 1. The first kappa shape index (κ1) is 10.5. The summed E-state index contributed by atoms with van der Waals surface area (Å²) in [7, 11) is 0. The van der Waals surface area contributed by atoms with Crippen LogP contribution in [0.4, 0.5) is 5.69 Å². The molecule has 0 spiro atoms. The van der Waals surface area contributed by atoms with E-state index in [1.54, 1.807) is 0 Å². The number of hydrogen-bond donors (Lipinski definition) is 2. The maximum atomic E-state index is 10.5. The molecule has 1 rings (SSSR count). The highest BCUT2D eigenvalue weighted by molar-refractivity contribution is 5.44. The predicted octanol–water partition coefficient (Wildman–Crippen LogP) is 1.71. The van der Waals surface area contributed by atoms with Crippen LogP contribution < -0.4 is 5.73 Å². The molecule has 14 heavy (non-hydrogen) atoms. The quantitative estimate of drug-likeness (QED) is 0.568. The Balaban J connectivity index is 3.14. The van der Waals surface area contributed by atoms with Crippen molar-refractivity contribution in [1.82, 2.24) is 0 Å². The minimum absolute atomic E-state index is 0.00458. The monoisotopic (exact) mass is 196 g/mol. The van der Waals surface area contributed by atoms with Crippen LogP contribution in [0.3, 0.4) is 0 Å². The maximum Gasteiger partial charge on any atom is 0.270 e. The van der Waals surface area contributed by atoms with E-state index in [9.17, 15) is 15.2 Å². The summed E-state index contributed by atoms with van der Waals surface area (Å²) >= 11 is 0. The molecule has 0 radical (unpaired) electrons. The number of non-ortho nitro benzene ring substituents is 1. The first-order chi connectivity index (χ1) is 6.56. The minimum Gasteiger partial charge on any atom is -0.508 e. The molecule has 0 bridgehead atoms. The Bertz CT molecular complexity index is 352. The van der Waals surface area contributed by atoms with Crippen molar-refractivity contribution in [2.45, 2.75) is 19.4 Å². The summed E-state index contributed by atoms with van der Waals surface area (Å²) in [5.74, 6) is 0.00458. The van der Waals surface area contributed by atoms with E-state index < -0.39 is 4.92 Å². The van der Waals surface area contributed by atoms with E-state index >= 15 is 0 Å². The number of nitro benzene ring substituents is 1. The van der Waals surface area contributed by atoms with E-state index in [4.69, 9.17) is 5.73 Å². The molecule has 0 fully saturated rings. The zero-order valence-corrected chi connectivity index (χ0v) is 7.80. The van der Waals surface area contributed by atoms with Gasteiger partial charge in [-0.25, -0.2) is 0 Å². The fraction of sp³-hybridized carbons (Fsp3) is 0.333. The van der Waals surface area contributed by atoms with Crippen molar-refractivity contribution in [2.24, 2.45) is 5.73 Å². The number of aromatic hydroxyl groups is 1. The Hall–Kier alpha value is -1.62. The van der Waals surface area contributed by atoms with Crippen molar-refractivity contribution >= 4 is 5.69 Å². The Labute approximate surface area is 81.3 Å². The second-order valence-corrected chi connectivity index (χ2v) is 3.01. The van der Waals surface area contributed by atoms with Crippen LogP contribution in [0.5, 0.6) is 5.75 Å². The lowest BCUT2D eigenvalue weighted by Crippen LogP contribution is -2.09. The van der Waals surface area contributed by atoms with Gasteiger partial charge in [0.15, 0.2) is 0 Å². The number of phenols is 1. The molecule has 0 heterocycles. The van der Waals surface area contributed by atoms with Crippen LogP contribution in [0, 0.1) is 10.1 Å². The van der Waals surface area contributed by atoms with E-state index in [1.807, 2.05) is 6.92 Å². The van der Waals surface area contributed by atoms with Gasteiger partial charge < -0.3 is 10.8 Å². The number of benzene rings is 1. The van der Waals surface area contributed by atoms with Gasteiger partial charge in [0, 0.05) is 23.7 Å². The molecule has 0 aliphatic rings. The molecular formula is C9H12N2O3. The number of phenolic OH excluding ortho intramolecular Hbond substituents is 1. The molecule has 1 aromatic rings. The summed E-state index contributed by atoms with van der Waals surface area (Å²) in [5.41, 5.74) is 6.05. The van der Waals surface area contributed by atoms with Gasteiger partial charge in [0.05, 0.1) is 4.92 Å². The molecule has 0 unspecified atom stereocenters. The Morgan fingerprint density at radius 3 is 2.79 bits per heavy atom. The largest absolute Gasteiger partial charge is 0.508 e. The van der Waals surface area contributed by atoms with Crippen molar-refractivity contribution in [1.29, 1.82) is 0 Å². The standard InChI is InChI=1S/C9H12N2O3/c1-2-8(10)7-5-6(11(13)14)3-4-9(7)12/h3-5,8,12H,2,10H2,1H3/t8-/m1/s1. The summed E-state index contributed by atoms with van der Waals surface area (Å²) in [6, 6.07) is 3.49. The summed E-state index contributed by atoms with van der Waals surface area (Å²) in [6.45, 7) is 1.85. The molecule has 0 saturated heterocycles. The third-order valence-corrected chi connectivity index (χ3v) is 2.06. The Kier molecular flexibility index (Phi) is 3.03. The minimum atomic E-state index is -0.509.